The van der Waals surface area contributed by atoms with Crippen molar-refractivity contribution in [1.82, 2.24) is 9.55 Å². The summed E-state index contributed by atoms with van der Waals surface area (Å²) in [7, 11) is 1.61. The number of nitrogens with one attached hydrogen (secondary N) is 1. The molecule has 0 fully saturated rings. The zero-order valence-electron chi connectivity index (χ0n) is 12.2. The summed E-state index contributed by atoms with van der Waals surface area (Å²) in [5, 5.41) is 0.521. The minimum absolute atomic E-state index is 0.262. The number of aromatic nitrogens is 2. The summed E-state index contributed by atoms with van der Waals surface area (Å²) in [5.74, 6) is 0.761. The van der Waals surface area contributed by atoms with Crippen LogP contribution in [0.15, 0.2) is 58.1 Å². The van der Waals surface area contributed by atoms with Crippen LogP contribution in [-0.2, 0) is 13.0 Å². The number of nitrogens with zero attached hydrogens (tertiary/aromatic N) is 1. The monoisotopic (exact) mass is 296 g/mol. The lowest BCUT2D eigenvalue weighted by Gasteiger charge is -2.07. The molecule has 0 saturated heterocycles. The van der Waals surface area contributed by atoms with E-state index in [9.17, 15) is 9.59 Å². The van der Waals surface area contributed by atoms with Gasteiger partial charge in [0, 0.05) is 6.54 Å². The van der Waals surface area contributed by atoms with Crippen molar-refractivity contribution >= 4 is 10.9 Å². The van der Waals surface area contributed by atoms with E-state index in [2.05, 4.69) is 4.98 Å². The van der Waals surface area contributed by atoms with Crippen molar-refractivity contribution in [2.45, 2.75) is 13.0 Å². The van der Waals surface area contributed by atoms with Gasteiger partial charge >= 0.3 is 5.69 Å². The van der Waals surface area contributed by atoms with Crippen molar-refractivity contribution < 1.29 is 4.74 Å². The number of aromatic amines is 1. The molecule has 0 atom stereocenters. The fourth-order valence-corrected chi connectivity index (χ4v) is 2.47. The van der Waals surface area contributed by atoms with Gasteiger partial charge in [0.25, 0.3) is 5.56 Å². The van der Waals surface area contributed by atoms with Crippen LogP contribution in [0.25, 0.3) is 10.9 Å². The summed E-state index contributed by atoms with van der Waals surface area (Å²) < 4.78 is 6.41. The average molecular weight is 296 g/mol. The van der Waals surface area contributed by atoms with E-state index >= 15 is 0 Å². The third-order valence-corrected chi connectivity index (χ3v) is 3.65. The second-order valence-corrected chi connectivity index (χ2v) is 5.03. The molecule has 0 aliphatic carbocycles. The number of H-pyrrole nitrogens is 1. The fourth-order valence-electron chi connectivity index (χ4n) is 2.47. The van der Waals surface area contributed by atoms with Crippen LogP contribution in [0.3, 0.4) is 0 Å². The van der Waals surface area contributed by atoms with Gasteiger partial charge in [0.05, 0.1) is 18.0 Å². The molecule has 1 aromatic heterocycles. The number of ether oxygens (including phenoxy) is 1. The quantitative estimate of drug-likeness (QED) is 0.800. The lowest BCUT2D eigenvalue weighted by atomic mass is 10.1. The highest BCUT2D eigenvalue weighted by molar-refractivity contribution is 5.76. The van der Waals surface area contributed by atoms with Crippen molar-refractivity contribution in [2.24, 2.45) is 0 Å². The van der Waals surface area contributed by atoms with E-state index in [0.717, 1.165) is 11.3 Å². The molecule has 0 radical (unpaired) electrons. The van der Waals surface area contributed by atoms with Crippen LogP contribution in [0.2, 0.25) is 0 Å². The van der Waals surface area contributed by atoms with E-state index in [0.29, 0.717) is 23.9 Å². The SMILES string of the molecule is COc1cccc(CCn2c(=O)[nH]c3ccccc3c2=O)c1. The predicted molar refractivity (Wildman–Crippen MR) is 85.5 cm³/mol. The Morgan fingerprint density at radius 3 is 2.73 bits per heavy atom. The number of aryl methyl sites for hydroxylation is 1. The maximum Gasteiger partial charge on any atom is 0.328 e. The van der Waals surface area contributed by atoms with Crippen LogP contribution in [0.4, 0.5) is 0 Å². The van der Waals surface area contributed by atoms with Crippen molar-refractivity contribution in [2.75, 3.05) is 7.11 Å². The Hall–Kier alpha value is -2.82. The van der Waals surface area contributed by atoms with Crippen molar-refractivity contribution in [3.8, 4) is 5.75 Å². The Morgan fingerprint density at radius 1 is 1.09 bits per heavy atom. The fraction of sp³-hybridized carbons (Fsp3) is 0.176. The molecule has 0 spiro atoms. The highest BCUT2D eigenvalue weighted by Crippen LogP contribution is 2.13. The summed E-state index contributed by atoms with van der Waals surface area (Å²) in [4.78, 5) is 27.2. The molecule has 1 N–H and O–H groups in total. The number of fused-ring (bicyclic) bond motifs is 1. The van der Waals surface area contributed by atoms with Gasteiger partial charge in [-0.15, -0.1) is 0 Å². The number of hydrogen-bond acceptors (Lipinski definition) is 3. The van der Waals surface area contributed by atoms with Crippen LogP contribution in [-0.4, -0.2) is 16.7 Å². The van der Waals surface area contributed by atoms with E-state index in [1.54, 1.807) is 31.4 Å². The lowest BCUT2D eigenvalue weighted by Crippen LogP contribution is -2.35. The number of hydrogen-bond donors (Lipinski definition) is 1. The average Bonchev–Trinajstić information content (AvgIpc) is 2.55. The number of methoxy groups -OCH3 is 1. The van der Waals surface area contributed by atoms with Gasteiger partial charge in [0.15, 0.2) is 0 Å². The van der Waals surface area contributed by atoms with Gasteiger partial charge in [-0.05, 0) is 36.2 Å². The predicted octanol–water partition coefficient (Wildman–Crippen LogP) is 1.94. The van der Waals surface area contributed by atoms with Crippen LogP contribution >= 0.6 is 0 Å². The summed E-state index contributed by atoms with van der Waals surface area (Å²) >= 11 is 0. The molecular weight excluding hydrogens is 280 g/mol. The first-order valence-electron chi connectivity index (χ1n) is 7.04. The molecule has 0 saturated carbocycles. The van der Waals surface area contributed by atoms with Gasteiger partial charge in [-0.1, -0.05) is 24.3 Å². The largest absolute Gasteiger partial charge is 0.497 e. The Balaban J connectivity index is 1.94. The number of para-hydroxylation sites is 1. The van der Waals surface area contributed by atoms with Gasteiger partial charge in [-0.25, -0.2) is 4.79 Å². The topological polar surface area (TPSA) is 64.1 Å². The van der Waals surface area contributed by atoms with Crippen LogP contribution in [0.5, 0.6) is 5.75 Å². The normalized spacial score (nSPS) is 10.8. The van der Waals surface area contributed by atoms with E-state index < -0.39 is 0 Å². The Bertz CT molecular complexity index is 925. The van der Waals surface area contributed by atoms with E-state index in [-0.39, 0.29) is 11.2 Å². The van der Waals surface area contributed by atoms with E-state index in [1.165, 1.54) is 4.57 Å². The summed E-state index contributed by atoms with van der Waals surface area (Å²) in [6, 6.07) is 14.6. The molecule has 0 amide bonds. The van der Waals surface area contributed by atoms with Crippen LogP contribution in [0.1, 0.15) is 5.56 Å². The standard InChI is InChI=1S/C17H16N2O3/c1-22-13-6-4-5-12(11-13)9-10-19-16(20)14-7-2-3-8-15(14)18-17(19)21/h2-8,11H,9-10H2,1H3,(H,18,21). The second kappa shape index (κ2) is 5.89. The third-order valence-electron chi connectivity index (χ3n) is 3.65. The minimum Gasteiger partial charge on any atom is -0.497 e. The summed E-state index contributed by atoms with van der Waals surface area (Å²) in [6.45, 7) is 0.326. The molecule has 0 unspecified atom stereocenters. The van der Waals surface area contributed by atoms with Crippen molar-refractivity contribution in [3.05, 3.63) is 74.9 Å². The molecule has 5 heteroatoms. The summed E-state index contributed by atoms with van der Waals surface area (Å²) in [5.41, 5.74) is 0.933. The summed E-state index contributed by atoms with van der Waals surface area (Å²) in [6.07, 6.45) is 0.582. The zero-order chi connectivity index (χ0) is 15.5. The maximum absolute atomic E-state index is 12.4. The zero-order valence-corrected chi connectivity index (χ0v) is 12.2. The molecule has 2 aromatic carbocycles. The number of benzene rings is 2. The highest BCUT2D eigenvalue weighted by atomic mass is 16.5. The number of rotatable bonds is 4. The van der Waals surface area contributed by atoms with Crippen molar-refractivity contribution in [1.29, 1.82) is 0 Å². The second-order valence-electron chi connectivity index (χ2n) is 5.03. The first kappa shape index (κ1) is 14.1. The molecule has 0 aliphatic rings. The molecule has 22 heavy (non-hydrogen) atoms. The van der Waals surface area contributed by atoms with Crippen LogP contribution < -0.4 is 16.0 Å². The van der Waals surface area contributed by atoms with Gasteiger partial charge in [0.2, 0.25) is 0 Å². The molecule has 0 aliphatic heterocycles. The first-order chi connectivity index (χ1) is 10.7. The highest BCUT2D eigenvalue weighted by Gasteiger charge is 2.07. The lowest BCUT2D eigenvalue weighted by molar-refractivity contribution is 0.414. The maximum atomic E-state index is 12.4. The first-order valence-corrected chi connectivity index (χ1v) is 7.04. The molecule has 1 heterocycles. The van der Waals surface area contributed by atoms with E-state index in [4.69, 9.17) is 4.74 Å². The van der Waals surface area contributed by atoms with Gasteiger partial charge in [-0.3, -0.25) is 9.36 Å². The smallest absolute Gasteiger partial charge is 0.328 e. The van der Waals surface area contributed by atoms with E-state index in [1.807, 2.05) is 24.3 Å². The third kappa shape index (κ3) is 2.65. The van der Waals surface area contributed by atoms with Crippen molar-refractivity contribution in [3.63, 3.8) is 0 Å². The van der Waals surface area contributed by atoms with Gasteiger partial charge in [0.1, 0.15) is 5.75 Å². The van der Waals surface area contributed by atoms with Gasteiger partial charge in [-0.2, -0.15) is 0 Å². The molecule has 5 nitrogen and oxygen atoms in total. The Kier molecular flexibility index (Phi) is 3.78. The van der Waals surface area contributed by atoms with Crippen LogP contribution in [0, 0.1) is 0 Å². The minimum atomic E-state index is -0.383. The molecular formula is C17H16N2O3. The molecule has 3 rings (SSSR count). The van der Waals surface area contributed by atoms with Gasteiger partial charge < -0.3 is 9.72 Å². The molecule has 112 valence electrons. The molecule has 0 bridgehead atoms. The Morgan fingerprint density at radius 2 is 1.91 bits per heavy atom. The molecule has 3 aromatic rings. The Labute approximate surface area is 126 Å².